The van der Waals surface area contributed by atoms with Gasteiger partial charge in [-0.1, -0.05) is 73.3 Å². The standard InChI is InChI=1S/C24H20BrIN2O3/c1-2-13-31-22-20(25)14-17(15-21(22)26)16-27-28-23(29)24(30,18-9-5-3-6-10-18)19-11-7-4-8-12-19/h2-12,14-16,30H,1,13H2,(H,28,29)/b27-16+. The third-order valence-corrected chi connectivity index (χ3v) is 5.85. The van der Waals surface area contributed by atoms with Crippen molar-refractivity contribution in [2.75, 3.05) is 6.61 Å². The van der Waals surface area contributed by atoms with E-state index in [2.05, 4.69) is 55.6 Å². The molecule has 158 valence electrons. The maximum Gasteiger partial charge on any atom is 0.281 e. The normalized spacial score (nSPS) is 11.3. The predicted octanol–water partition coefficient (Wildman–Crippen LogP) is 5.00. The molecule has 0 bridgehead atoms. The summed E-state index contributed by atoms with van der Waals surface area (Å²) in [6.45, 7) is 4.05. The van der Waals surface area contributed by atoms with Crippen molar-refractivity contribution in [3.05, 3.63) is 110 Å². The van der Waals surface area contributed by atoms with E-state index in [4.69, 9.17) is 4.74 Å². The van der Waals surface area contributed by atoms with Crippen molar-refractivity contribution >= 4 is 50.6 Å². The summed E-state index contributed by atoms with van der Waals surface area (Å²) in [5, 5.41) is 15.5. The highest BCUT2D eigenvalue weighted by Crippen LogP contribution is 2.32. The van der Waals surface area contributed by atoms with E-state index in [1.165, 1.54) is 6.21 Å². The highest BCUT2D eigenvalue weighted by atomic mass is 127. The maximum absolute atomic E-state index is 13.0. The van der Waals surface area contributed by atoms with Crippen molar-refractivity contribution in [1.29, 1.82) is 0 Å². The monoisotopic (exact) mass is 590 g/mol. The Morgan fingerprint density at radius 1 is 1.13 bits per heavy atom. The van der Waals surface area contributed by atoms with Gasteiger partial charge in [-0.3, -0.25) is 4.79 Å². The zero-order valence-corrected chi connectivity index (χ0v) is 20.2. The highest BCUT2D eigenvalue weighted by Gasteiger charge is 2.39. The van der Waals surface area contributed by atoms with E-state index in [0.29, 0.717) is 23.5 Å². The average Bonchev–Trinajstić information content (AvgIpc) is 2.79. The first-order valence-corrected chi connectivity index (χ1v) is 11.2. The smallest absolute Gasteiger partial charge is 0.281 e. The molecule has 3 aromatic rings. The second kappa shape index (κ2) is 10.7. The number of hydrogen-bond acceptors (Lipinski definition) is 4. The van der Waals surface area contributed by atoms with Crippen LogP contribution in [-0.2, 0) is 10.4 Å². The van der Waals surface area contributed by atoms with Crippen LogP contribution in [0.15, 0.2) is 95.0 Å². The minimum Gasteiger partial charge on any atom is -0.487 e. The van der Waals surface area contributed by atoms with Crippen molar-refractivity contribution in [3.63, 3.8) is 0 Å². The Morgan fingerprint density at radius 2 is 1.71 bits per heavy atom. The van der Waals surface area contributed by atoms with Crippen LogP contribution in [0, 0.1) is 3.57 Å². The molecule has 0 saturated carbocycles. The molecule has 0 saturated heterocycles. The second-order valence-electron chi connectivity index (χ2n) is 6.55. The van der Waals surface area contributed by atoms with Gasteiger partial charge in [0.1, 0.15) is 12.4 Å². The molecule has 0 aromatic heterocycles. The Balaban J connectivity index is 1.84. The molecule has 7 heteroatoms. The van der Waals surface area contributed by atoms with E-state index in [1.807, 2.05) is 24.3 Å². The van der Waals surface area contributed by atoms with Crippen molar-refractivity contribution in [1.82, 2.24) is 5.43 Å². The van der Waals surface area contributed by atoms with Gasteiger partial charge >= 0.3 is 0 Å². The van der Waals surface area contributed by atoms with E-state index < -0.39 is 11.5 Å². The third-order valence-electron chi connectivity index (χ3n) is 4.46. The zero-order chi connectivity index (χ0) is 22.3. The van der Waals surface area contributed by atoms with E-state index in [1.54, 1.807) is 54.6 Å². The topological polar surface area (TPSA) is 70.9 Å². The lowest BCUT2D eigenvalue weighted by Crippen LogP contribution is -2.43. The summed E-state index contributed by atoms with van der Waals surface area (Å²) >= 11 is 5.66. The lowest BCUT2D eigenvalue weighted by Gasteiger charge is -2.27. The number of aliphatic hydroxyl groups is 1. The van der Waals surface area contributed by atoms with E-state index in [-0.39, 0.29) is 0 Å². The largest absolute Gasteiger partial charge is 0.487 e. The first kappa shape index (κ1) is 23.2. The third kappa shape index (κ3) is 5.41. The molecule has 5 nitrogen and oxygen atoms in total. The van der Waals surface area contributed by atoms with Gasteiger partial charge in [-0.05, 0) is 67.3 Å². The molecular weight excluding hydrogens is 571 g/mol. The number of ether oxygens (including phenoxy) is 1. The molecule has 31 heavy (non-hydrogen) atoms. The number of hydrogen-bond donors (Lipinski definition) is 2. The number of hydrazone groups is 1. The van der Waals surface area contributed by atoms with Crippen LogP contribution in [0.25, 0.3) is 0 Å². The Bertz CT molecular complexity index is 1030. The Labute approximate surface area is 203 Å². The fourth-order valence-corrected chi connectivity index (χ4v) is 4.74. The van der Waals surface area contributed by atoms with Gasteiger partial charge in [0.15, 0.2) is 5.60 Å². The summed E-state index contributed by atoms with van der Waals surface area (Å²) in [5.74, 6) is 0.0602. The van der Waals surface area contributed by atoms with Crippen LogP contribution in [0.2, 0.25) is 0 Å². The fraction of sp³-hybridized carbons (Fsp3) is 0.0833. The van der Waals surface area contributed by atoms with Crippen LogP contribution in [0.1, 0.15) is 16.7 Å². The van der Waals surface area contributed by atoms with Crippen molar-refractivity contribution < 1.29 is 14.6 Å². The maximum atomic E-state index is 13.0. The fourth-order valence-electron chi connectivity index (χ4n) is 2.97. The van der Waals surface area contributed by atoms with Gasteiger partial charge in [0, 0.05) is 0 Å². The van der Waals surface area contributed by atoms with Crippen LogP contribution in [-0.4, -0.2) is 23.8 Å². The molecule has 0 heterocycles. The Hall–Kier alpha value is -2.49. The summed E-state index contributed by atoms with van der Waals surface area (Å²) in [7, 11) is 0. The van der Waals surface area contributed by atoms with Crippen molar-refractivity contribution in [3.8, 4) is 5.75 Å². The number of benzene rings is 3. The minimum atomic E-state index is -1.88. The Kier molecular flexibility index (Phi) is 8.00. The van der Waals surface area contributed by atoms with Crippen LogP contribution >= 0.6 is 38.5 Å². The Morgan fingerprint density at radius 3 is 2.23 bits per heavy atom. The average molecular weight is 591 g/mol. The number of carbonyl (C=O) groups is 1. The first-order valence-electron chi connectivity index (χ1n) is 9.36. The van der Waals surface area contributed by atoms with E-state index in [0.717, 1.165) is 13.6 Å². The van der Waals surface area contributed by atoms with Crippen LogP contribution in [0.4, 0.5) is 0 Å². The van der Waals surface area contributed by atoms with Gasteiger partial charge < -0.3 is 9.84 Å². The van der Waals surface area contributed by atoms with Gasteiger partial charge in [0.05, 0.1) is 14.3 Å². The molecule has 2 N–H and O–H groups in total. The van der Waals surface area contributed by atoms with Crippen LogP contribution < -0.4 is 10.2 Å². The molecular formula is C24H20BrIN2O3. The van der Waals surface area contributed by atoms with Gasteiger partial charge in [-0.15, -0.1) is 0 Å². The van der Waals surface area contributed by atoms with Gasteiger partial charge in [0.2, 0.25) is 0 Å². The molecule has 0 aliphatic carbocycles. The summed E-state index contributed by atoms with van der Waals surface area (Å²) in [5.41, 5.74) is 2.26. The summed E-state index contributed by atoms with van der Waals surface area (Å²) in [6.07, 6.45) is 3.19. The summed E-state index contributed by atoms with van der Waals surface area (Å²) in [4.78, 5) is 13.0. The summed E-state index contributed by atoms with van der Waals surface area (Å²) < 4.78 is 7.28. The van der Waals surface area contributed by atoms with Crippen LogP contribution in [0.5, 0.6) is 5.75 Å². The van der Waals surface area contributed by atoms with Gasteiger partial charge in [-0.2, -0.15) is 5.10 Å². The predicted molar refractivity (Wildman–Crippen MR) is 134 cm³/mol. The minimum absolute atomic E-state index is 0.398. The molecule has 3 aromatic carbocycles. The SMILES string of the molecule is C=CCOc1c(Br)cc(/C=N/NC(=O)C(O)(c2ccccc2)c2ccccc2)cc1I. The molecule has 3 rings (SSSR count). The number of amides is 1. The lowest BCUT2D eigenvalue weighted by molar-refractivity contribution is -0.136. The first-order chi connectivity index (χ1) is 15.0. The molecule has 1 amide bonds. The summed E-state index contributed by atoms with van der Waals surface area (Å²) in [6, 6.07) is 21.3. The molecule has 0 radical (unpaired) electrons. The number of carbonyl (C=O) groups excluding carboxylic acids is 1. The molecule has 0 spiro atoms. The zero-order valence-electron chi connectivity index (χ0n) is 16.5. The molecule has 0 aliphatic heterocycles. The van der Waals surface area contributed by atoms with E-state index in [9.17, 15) is 9.90 Å². The highest BCUT2D eigenvalue weighted by molar-refractivity contribution is 14.1. The van der Waals surface area contributed by atoms with Gasteiger partial charge in [-0.25, -0.2) is 5.43 Å². The second-order valence-corrected chi connectivity index (χ2v) is 8.57. The number of nitrogens with one attached hydrogen (secondary N) is 1. The molecule has 0 aliphatic rings. The number of nitrogens with zero attached hydrogens (tertiary/aromatic N) is 1. The lowest BCUT2D eigenvalue weighted by atomic mass is 9.85. The molecule has 0 unspecified atom stereocenters. The molecule has 0 atom stereocenters. The number of rotatable bonds is 8. The van der Waals surface area contributed by atoms with E-state index >= 15 is 0 Å². The number of halogens is 2. The molecule has 0 fully saturated rings. The van der Waals surface area contributed by atoms with Crippen molar-refractivity contribution in [2.24, 2.45) is 5.10 Å². The van der Waals surface area contributed by atoms with Crippen LogP contribution in [0.3, 0.4) is 0 Å². The van der Waals surface area contributed by atoms with Gasteiger partial charge in [0.25, 0.3) is 5.91 Å². The van der Waals surface area contributed by atoms with Crippen molar-refractivity contribution in [2.45, 2.75) is 5.60 Å². The quantitative estimate of drug-likeness (QED) is 0.168.